The SMILES string of the molecule is CCNc1ccc(S(=O)(=O)NCC(N)=O)cn1. The van der Waals surface area contributed by atoms with Gasteiger partial charge in [0.15, 0.2) is 0 Å². The van der Waals surface area contributed by atoms with E-state index in [1.54, 1.807) is 6.07 Å². The monoisotopic (exact) mass is 258 g/mol. The average Bonchev–Trinajstić information content (AvgIpc) is 2.28. The number of carbonyl (C=O) groups is 1. The highest BCUT2D eigenvalue weighted by Gasteiger charge is 2.14. The number of hydrogen-bond donors (Lipinski definition) is 3. The Balaban J connectivity index is 2.81. The number of amides is 1. The molecule has 1 heterocycles. The van der Waals surface area contributed by atoms with E-state index in [2.05, 4.69) is 15.0 Å². The second-order valence-corrected chi connectivity index (χ2v) is 4.97. The van der Waals surface area contributed by atoms with Crippen molar-refractivity contribution in [2.45, 2.75) is 11.8 Å². The fourth-order valence-corrected chi connectivity index (χ4v) is 2.01. The van der Waals surface area contributed by atoms with Crippen molar-refractivity contribution < 1.29 is 13.2 Å². The molecule has 94 valence electrons. The summed E-state index contributed by atoms with van der Waals surface area (Å²) in [7, 11) is -3.73. The molecule has 0 saturated carbocycles. The molecule has 8 heteroatoms. The number of carbonyl (C=O) groups excluding carboxylic acids is 1. The van der Waals surface area contributed by atoms with Crippen LogP contribution in [0.15, 0.2) is 23.2 Å². The number of nitrogens with zero attached hydrogens (tertiary/aromatic N) is 1. The van der Waals surface area contributed by atoms with Gasteiger partial charge in [0.1, 0.15) is 10.7 Å². The number of rotatable bonds is 6. The van der Waals surface area contributed by atoms with Gasteiger partial charge in [0.05, 0.1) is 6.54 Å². The molecule has 0 bridgehead atoms. The van der Waals surface area contributed by atoms with Crippen LogP contribution < -0.4 is 15.8 Å². The molecule has 1 aromatic rings. The maximum absolute atomic E-state index is 11.6. The molecule has 0 fully saturated rings. The maximum atomic E-state index is 11.6. The Hall–Kier alpha value is -1.67. The van der Waals surface area contributed by atoms with E-state index in [0.29, 0.717) is 12.4 Å². The number of nitrogens with one attached hydrogen (secondary N) is 2. The molecule has 1 aromatic heterocycles. The van der Waals surface area contributed by atoms with E-state index in [1.807, 2.05) is 6.92 Å². The highest BCUT2D eigenvalue weighted by molar-refractivity contribution is 7.89. The Kier molecular flexibility index (Phi) is 4.41. The van der Waals surface area contributed by atoms with E-state index in [1.165, 1.54) is 12.3 Å². The van der Waals surface area contributed by atoms with Gasteiger partial charge in [-0.1, -0.05) is 0 Å². The molecule has 0 spiro atoms. The maximum Gasteiger partial charge on any atom is 0.242 e. The van der Waals surface area contributed by atoms with Crippen LogP contribution in [-0.2, 0) is 14.8 Å². The summed E-state index contributed by atoms with van der Waals surface area (Å²) in [5.41, 5.74) is 4.85. The van der Waals surface area contributed by atoms with Crippen LogP contribution in [0, 0.1) is 0 Å². The minimum Gasteiger partial charge on any atom is -0.370 e. The fourth-order valence-electron chi connectivity index (χ4n) is 1.07. The predicted octanol–water partition coefficient (Wildman–Crippen LogP) is -0.723. The first-order chi connectivity index (χ1) is 7.95. The van der Waals surface area contributed by atoms with Crippen LogP contribution in [0.4, 0.5) is 5.82 Å². The average molecular weight is 258 g/mol. The third kappa shape index (κ3) is 4.00. The number of primary amides is 1. The van der Waals surface area contributed by atoms with E-state index in [-0.39, 0.29) is 4.90 Å². The Bertz CT molecular complexity index is 483. The number of hydrogen-bond acceptors (Lipinski definition) is 5. The van der Waals surface area contributed by atoms with Gasteiger partial charge in [-0.2, -0.15) is 0 Å². The van der Waals surface area contributed by atoms with Crippen molar-refractivity contribution in [3.05, 3.63) is 18.3 Å². The first kappa shape index (κ1) is 13.4. The van der Waals surface area contributed by atoms with Gasteiger partial charge in [-0.25, -0.2) is 18.1 Å². The number of aromatic nitrogens is 1. The zero-order valence-electron chi connectivity index (χ0n) is 9.30. The normalized spacial score (nSPS) is 11.1. The van der Waals surface area contributed by atoms with Gasteiger partial charge >= 0.3 is 0 Å². The number of sulfonamides is 1. The highest BCUT2D eigenvalue weighted by Crippen LogP contribution is 2.09. The van der Waals surface area contributed by atoms with Crippen molar-refractivity contribution in [2.24, 2.45) is 5.73 Å². The molecule has 0 aliphatic carbocycles. The lowest BCUT2D eigenvalue weighted by molar-refractivity contribution is -0.116. The molecule has 0 unspecified atom stereocenters. The Morgan fingerprint density at radius 2 is 2.18 bits per heavy atom. The van der Waals surface area contributed by atoms with Crippen LogP contribution in [0.2, 0.25) is 0 Å². The largest absolute Gasteiger partial charge is 0.370 e. The molecule has 0 aliphatic heterocycles. The van der Waals surface area contributed by atoms with Gasteiger partial charge in [0.2, 0.25) is 15.9 Å². The van der Waals surface area contributed by atoms with E-state index in [4.69, 9.17) is 5.73 Å². The number of pyridine rings is 1. The van der Waals surface area contributed by atoms with E-state index < -0.39 is 22.5 Å². The van der Waals surface area contributed by atoms with Gasteiger partial charge in [-0.05, 0) is 19.1 Å². The minimum absolute atomic E-state index is 0.0135. The summed E-state index contributed by atoms with van der Waals surface area (Å²) in [6.07, 6.45) is 1.21. The van der Waals surface area contributed by atoms with Crippen molar-refractivity contribution in [3.8, 4) is 0 Å². The van der Waals surface area contributed by atoms with E-state index in [0.717, 1.165) is 0 Å². The summed E-state index contributed by atoms with van der Waals surface area (Å²) in [5, 5.41) is 2.94. The number of anilines is 1. The molecule has 0 aromatic carbocycles. The molecule has 17 heavy (non-hydrogen) atoms. The highest BCUT2D eigenvalue weighted by atomic mass is 32.2. The molecule has 7 nitrogen and oxygen atoms in total. The van der Waals surface area contributed by atoms with Crippen molar-refractivity contribution in [1.82, 2.24) is 9.71 Å². The summed E-state index contributed by atoms with van der Waals surface area (Å²) in [6, 6.07) is 2.94. The van der Waals surface area contributed by atoms with Crippen LogP contribution in [0.1, 0.15) is 6.92 Å². The molecule has 0 radical (unpaired) electrons. The second-order valence-electron chi connectivity index (χ2n) is 3.20. The smallest absolute Gasteiger partial charge is 0.242 e. The Labute approximate surface area is 99.5 Å². The van der Waals surface area contributed by atoms with Crippen LogP contribution in [-0.4, -0.2) is 32.4 Å². The van der Waals surface area contributed by atoms with Crippen LogP contribution in [0.5, 0.6) is 0 Å². The third-order valence-corrected chi connectivity index (χ3v) is 3.23. The van der Waals surface area contributed by atoms with Gasteiger partial charge < -0.3 is 11.1 Å². The second kappa shape index (κ2) is 5.60. The predicted molar refractivity (Wildman–Crippen MR) is 62.8 cm³/mol. The van der Waals surface area contributed by atoms with E-state index >= 15 is 0 Å². The molecule has 0 aliphatic rings. The summed E-state index contributed by atoms with van der Waals surface area (Å²) in [4.78, 5) is 14.4. The summed E-state index contributed by atoms with van der Waals surface area (Å²) >= 11 is 0. The van der Waals surface area contributed by atoms with Crippen LogP contribution in [0.3, 0.4) is 0 Å². The summed E-state index contributed by atoms with van der Waals surface area (Å²) in [6.45, 7) is 2.16. The molecular weight excluding hydrogens is 244 g/mol. The lowest BCUT2D eigenvalue weighted by atomic mass is 10.4. The van der Waals surface area contributed by atoms with Crippen molar-refractivity contribution >= 4 is 21.7 Å². The quantitative estimate of drug-likeness (QED) is 0.623. The number of nitrogens with two attached hydrogens (primary N) is 1. The minimum atomic E-state index is -3.73. The van der Waals surface area contributed by atoms with Crippen molar-refractivity contribution in [3.63, 3.8) is 0 Å². The van der Waals surface area contributed by atoms with Gasteiger partial charge in [-0.3, -0.25) is 4.79 Å². The topological polar surface area (TPSA) is 114 Å². The van der Waals surface area contributed by atoms with E-state index in [9.17, 15) is 13.2 Å². The lowest BCUT2D eigenvalue weighted by Crippen LogP contribution is -2.33. The first-order valence-corrected chi connectivity index (χ1v) is 6.42. The fraction of sp³-hybridized carbons (Fsp3) is 0.333. The van der Waals surface area contributed by atoms with Crippen molar-refractivity contribution in [1.29, 1.82) is 0 Å². The van der Waals surface area contributed by atoms with Crippen LogP contribution in [0.25, 0.3) is 0 Å². The van der Waals surface area contributed by atoms with Crippen molar-refractivity contribution in [2.75, 3.05) is 18.4 Å². The zero-order chi connectivity index (χ0) is 12.9. The lowest BCUT2D eigenvalue weighted by Gasteiger charge is -2.06. The summed E-state index contributed by atoms with van der Waals surface area (Å²) < 4.78 is 25.3. The molecule has 1 rings (SSSR count). The summed E-state index contributed by atoms with van der Waals surface area (Å²) in [5.74, 6) is -0.160. The van der Waals surface area contributed by atoms with Crippen LogP contribution >= 0.6 is 0 Å². The molecule has 0 atom stereocenters. The zero-order valence-corrected chi connectivity index (χ0v) is 10.1. The van der Waals surface area contributed by atoms with Gasteiger partial charge in [-0.15, -0.1) is 0 Å². The molecule has 0 saturated heterocycles. The first-order valence-electron chi connectivity index (χ1n) is 4.93. The molecule has 4 N–H and O–H groups in total. The van der Waals surface area contributed by atoms with Gasteiger partial charge in [0, 0.05) is 12.7 Å². The molecule has 1 amide bonds. The molecular formula is C9H14N4O3S. The third-order valence-electron chi connectivity index (χ3n) is 1.84. The Morgan fingerprint density at radius 3 is 2.65 bits per heavy atom. The van der Waals surface area contributed by atoms with Gasteiger partial charge in [0.25, 0.3) is 0 Å². The Morgan fingerprint density at radius 1 is 1.47 bits per heavy atom. The standard InChI is InChI=1S/C9H14N4O3S/c1-2-11-9-4-3-7(5-12-9)17(15,16)13-6-8(10)14/h3-5,13H,2,6H2,1H3,(H2,10,14)(H,11,12).